The van der Waals surface area contributed by atoms with Crippen molar-refractivity contribution in [3.63, 3.8) is 0 Å². The molecule has 1 saturated heterocycles. The molecule has 1 atom stereocenters. The Hall–Kier alpha value is -2.50. The van der Waals surface area contributed by atoms with E-state index >= 15 is 0 Å². The van der Waals surface area contributed by atoms with Crippen LogP contribution in [0.25, 0.3) is 22.2 Å². The Morgan fingerprint density at radius 1 is 1.15 bits per heavy atom. The Labute approximate surface area is 210 Å². The molecule has 0 unspecified atom stereocenters. The third-order valence-corrected chi connectivity index (χ3v) is 10.9. The Bertz CT molecular complexity index is 1450. The van der Waals surface area contributed by atoms with Gasteiger partial charge in [0.1, 0.15) is 0 Å². The number of halogens is 1. The monoisotopic (exact) mass is 589 g/mol. The summed E-state index contributed by atoms with van der Waals surface area (Å²) in [7, 11) is -3.88. The van der Waals surface area contributed by atoms with Crippen molar-refractivity contribution in [2.45, 2.75) is 42.1 Å². The predicted octanol–water partition coefficient (Wildman–Crippen LogP) is 1.13. The van der Waals surface area contributed by atoms with E-state index in [0.717, 1.165) is 46.4 Å². The van der Waals surface area contributed by atoms with E-state index in [-0.39, 0.29) is 33.0 Å². The molecule has 2 aromatic carbocycles. The van der Waals surface area contributed by atoms with Gasteiger partial charge in [-0.1, -0.05) is 0 Å². The fourth-order valence-electron chi connectivity index (χ4n) is 4.23. The van der Waals surface area contributed by atoms with Crippen LogP contribution in [0.3, 0.4) is 0 Å². The van der Waals surface area contributed by atoms with Crippen LogP contribution in [-0.2, 0) is 16.6 Å². The van der Waals surface area contributed by atoms with Crippen LogP contribution in [0.5, 0.6) is 0 Å². The second kappa shape index (κ2) is 9.27. The van der Waals surface area contributed by atoms with Gasteiger partial charge in [0.25, 0.3) is 0 Å². The molecule has 178 valence electrons. The summed E-state index contributed by atoms with van der Waals surface area (Å²) in [5, 5.41) is 10.4. The van der Waals surface area contributed by atoms with Crippen molar-refractivity contribution < 1.29 is 35.0 Å². The molecule has 34 heavy (non-hydrogen) atoms. The number of alkyl halides is 1. The normalized spacial score (nSPS) is 17.0. The van der Waals surface area contributed by atoms with Gasteiger partial charge in [-0.15, -0.1) is 0 Å². The van der Waals surface area contributed by atoms with Gasteiger partial charge < -0.3 is 0 Å². The number of fused-ring (bicyclic) bond motifs is 1. The van der Waals surface area contributed by atoms with Crippen LogP contribution in [0.1, 0.15) is 30.9 Å². The fraction of sp³-hybridized carbons (Fsp3) is 0.280. The molecule has 0 spiro atoms. The Balaban J connectivity index is 1.78. The topological polar surface area (TPSA) is 88.3 Å². The number of rotatable bonds is 5. The standard InChI is InChI=1S/C25H26IN4O3S/c1-17-8-10-21(11-9-17)34(32,33)30-14-22(20-7-3-6-19(13-20)15-31)23-24(27-16-28-25(23)30)29-12-4-5-18(2)26-29/h3,6-11,13-14,16,18,31H,4-5,12,15H2,1-2H3/q-1/t18-/m0/s1. The number of hydrogen-bond donors (Lipinski definition) is 1. The second-order valence-electron chi connectivity index (χ2n) is 8.52. The molecule has 1 fully saturated rings. The molecule has 9 heteroatoms. The number of benzene rings is 2. The summed E-state index contributed by atoms with van der Waals surface area (Å²) < 4.78 is 31.7. The van der Waals surface area contributed by atoms with Crippen molar-refractivity contribution in [1.29, 1.82) is 0 Å². The summed E-state index contributed by atoms with van der Waals surface area (Å²) >= 11 is -0.283. The number of hydrogen-bond acceptors (Lipinski definition) is 6. The van der Waals surface area contributed by atoms with Crippen LogP contribution in [0, 0.1) is 6.92 Å². The van der Waals surface area contributed by atoms with Crippen LogP contribution < -0.4 is 24.6 Å². The van der Waals surface area contributed by atoms with Crippen molar-refractivity contribution >= 4 is 26.9 Å². The molecule has 0 saturated carbocycles. The van der Waals surface area contributed by atoms with Crippen molar-refractivity contribution in [1.82, 2.24) is 13.9 Å². The minimum absolute atomic E-state index is 0.0907. The zero-order valence-corrected chi connectivity index (χ0v) is 22.0. The summed E-state index contributed by atoms with van der Waals surface area (Å²) in [6, 6.07) is 14.4. The summed E-state index contributed by atoms with van der Waals surface area (Å²) in [6.45, 7) is 5.02. The van der Waals surface area contributed by atoms with Crippen LogP contribution in [0.15, 0.2) is 66.0 Å². The number of nitrogens with zero attached hydrogens (tertiary/aromatic N) is 4. The van der Waals surface area contributed by atoms with E-state index in [4.69, 9.17) is 0 Å². The summed E-state index contributed by atoms with van der Waals surface area (Å²) in [5.74, 6) is 0.798. The van der Waals surface area contributed by atoms with Crippen molar-refractivity contribution in [2.75, 3.05) is 9.66 Å². The van der Waals surface area contributed by atoms with Gasteiger partial charge in [0.2, 0.25) is 0 Å². The Morgan fingerprint density at radius 2 is 1.94 bits per heavy atom. The molecule has 0 amide bonds. The van der Waals surface area contributed by atoms with E-state index in [1.54, 1.807) is 30.5 Å². The molecule has 7 nitrogen and oxygen atoms in total. The van der Waals surface area contributed by atoms with E-state index in [1.165, 1.54) is 16.7 Å². The fourth-order valence-corrected chi connectivity index (χ4v) is 8.66. The zero-order chi connectivity index (χ0) is 23.9. The first-order valence-electron chi connectivity index (χ1n) is 11.2. The molecule has 1 aliphatic heterocycles. The SMILES string of the molecule is Cc1ccc(S(=O)(=O)n2cc(-c3cccc(CO)c3)c3c(N4CCC[C@H](C)[I-]4)ncnc32)cc1. The van der Waals surface area contributed by atoms with E-state index < -0.39 is 10.0 Å². The van der Waals surface area contributed by atoms with Crippen LogP contribution in [0.4, 0.5) is 5.82 Å². The molecule has 0 aliphatic carbocycles. The van der Waals surface area contributed by atoms with E-state index in [0.29, 0.717) is 9.57 Å². The zero-order valence-electron chi connectivity index (χ0n) is 19.0. The van der Waals surface area contributed by atoms with Crippen molar-refractivity contribution in [2.24, 2.45) is 0 Å². The van der Waals surface area contributed by atoms with Crippen molar-refractivity contribution in [3.8, 4) is 11.1 Å². The predicted molar refractivity (Wildman–Crippen MR) is 129 cm³/mol. The average molecular weight is 589 g/mol. The van der Waals surface area contributed by atoms with Gasteiger partial charge in [0.15, 0.2) is 0 Å². The molecule has 1 N–H and O–H groups in total. The summed E-state index contributed by atoms with van der Waals surface area (Å²) in [6.07, 6.45) is 5.42. The average Bonchev–Trinajstić information content (AvgIpc) is 3.25. The molecule has 1 aliphatic rings. The number of aryl methyl sites for hydroxylation is 1. The van der Waals surface area contributed by atoms with Gasteiger partial charge >= 0.3 is 211 Å². The number of anilines is 1. The molecule has 2 aromatic heterocycles. The summed E-state index contributed by atoms with van der Waals surface area (Å²) in [4.78, 5) is 9.33. The Morgan fingerprint density at radius 3 is 2.68 bits per heavy atom. The first-order chi connectivity index (χ1) is 16.4. The number of aromatic nitrogens is 3. The molecule has 0 bridgehead atoms. The van der Waals surface area contributed by atoms with E-state index in [2.05, 4.69) is 20.0 Å². The van der Waals surface area contributed by atoms with Crippen molar-refractivity contribution in [3.05, 3.63) is 72.2 Å². The molecule has 3 heterocycles. The second-order valence-corrected chi connectivity index (χ2v) is 14.2. The molecule has 0 radical (unpaired) electrons. The quantitative estimate of drug-likeness (QED) is 0.214. The van der Waals surface area contributed by atoms with Gasteiger partial charge in [-0.3, -0.25) is 0 Å². The summed E-state index contributed by atoms with van der Waals surface area (Å²) in [5.41, 5.74) is 3.70. The molecular formula is C25H26IN4O3S-. The molecule has 5 rings (SSSR count). The van der Waals surface area contributed by atoms with Gasteiger partial charge in [-0.2, -0.15) is 0 Å². The molecular weight excluding hydrogens is 563 g/mol. The maximum absolute atomic E-state index is 13.7. The maximum atomic E-state index is 13.7. The third-order valence-electron chi connectivity index (χ3n) is 6.00. The molecule has 4 aromatic rings. The first kappa shape index (κ1) is 23.3. The third kappa shape index (κ3) is 4.20. The van der Waals surface area contributed by atoms with Gasteiger partial charge in [0, 0.05) is 0 Å². The van der Waals surface area contributed by atoms with Gasteiger partial charge in [-0.05, 0) is 0 Å². The van der Waals surface area contributed by atoms with Gasteiger partial charge in [0.05, 0.1) is 0 Å². The van der Waals surface area contributed by atoms with E-state index in [1.807, 2.05) is 31.2 Å². The van der Waals surface area contributed by atoms with E-state index in [9.17, 15) is 13.5 Å². The van der Waals surface area contributed by atoms with Gasteiger partial charge in [-0.25, -0.2) is 0 Å². The first-order valence-corrected chi connectivity index (χ1v) is 14.8. The number of aliphatic hydroxyl groups excluding tert-OH is 1. The van der Waals surface area contributed by atoms with Crippen LogP contribution in [0.2, 0.25) is 0 Å². The number of aliphatic hydroxyl groups is 1. The minimum atomic E-state index is -3.88. The Kier molecular flexibility index (Phi) is 6.34. The van der Waals surface area contributed by atoms with Crippen LogP contribution in [-0.4, -0.2) is 37.9 Å². The van der Waals surface area contributed by atoms with Crippen LogP contribution >= 0.6 is 0 Å².